The Labute approximate surface area is 109 Å². The van der Waals surface area contributed by atoms with E-state index in [2.05, 4.69) is 30.5 Å². The number of anilines is 1. The van der Waals surface area contributed by atoms with Crippen molar-refractivity contribution in [1.29, 1.82) is 0 Å². The Hall–Kier alpha value is -1.69. The first-order chi connectivity index (χ1) is 8.72. The Kier molecular flexibility index (Phi) is 2.87. The van der Waals surface area contributed by atoms with Crippen LogP contribution in [0.3, 0.4) is 0 Å². The van der Waals surface area contributed by atoms with Crippen molar-refractivity contribution >= 4 is 17.4 Å². The molecule has 1 atom stereocenters. The van der Waals surface area contributed by atoms with Crippen LogP contribution in [0.4, 0.5) is 5.82 Å². The maximum atomic E-state index is 6.00. The van der Waals surface area contributed by atoms with E-state index in [9.17, 15) is 0 Å². The van der Waals surface area contributed by atoms with Gasteiger partial charge in [0.05, 0.1) is 6.04 Å². The van der Waals surface area contributed by atoms with Gasteiger partial charge in [0.15, 0.2) is 0 Å². The highest BCUT2D eigenvalue weighted by Gasteiger charge is 2.27. The molecular formula is C11H13ClN6. The van der Waals surface area contributed by atoms with Crippen molar-refractivity contribution in [3.8, 4) is 0 Å². The Morgan fingerprint density at radius 1 is 1.44 bits per heavy atom. The molecule has 0 aliphatic heterocycles. The summed E-state index contributed by atoms with van der Waals surface area (Å²) in [6, 6.07) is 1.71. The lowest BCUT2D eigenvalue weighted by Gasteiger charge is -2.12. The van der Waals surface area contributed by atoms with Gasteiger partial charge in [-0.1, -0.05) is 11.6 Å². The lowest BCUT2D eigenvalue weighted by Crippen LogP contribution is -2.11. The second-order valence-electron chi connectivity index (χ2n) is 4.45. The third-order valence-electron chi connectivity index (χ3n) is 2.86. The second-order valence-corrected chi connectivity index (χ2v) is 4.83. The summed E-state index contributed by atoms with van der Waals surface area (Å²) in [6.07, 6.45) is 3.78. The van der Waals surface area contributed by atoms with Crippen LogP contribution < -0.4 is 5.32 Å². The lowest BCUT2D eigenvalue weighted by atomic mass is 10.3. The Balaban J connectivity index is 1.79. The van der Waals surface area contributed by atoms with Crippen LogP contribution in [0.2, 0.25) is 5.15 Å². The van der Waals surface area contributed by atoms with Crippen molar-refractivity contribution in [1.82, 2.24) is 25.1 Å². The molecule has 2 N–H and O–H groups in total. The Bertz CT molecular complexity index is 536. The first kappa shape index (κ1) is 11.4. The molecule has 0 spiro atoms. The van der Waals surface area contributed by atoms with Gasteiger partial charge in [-0.15, -0.1) is 0 Å². The number of hydrogen-bond acceptors (Lipinski definition) is 5. The maximum Gasteiger partial charge on any atom is 0.146 e. The average Bonchev–Trinajstić information content (AvgIpc) is 3.03. The molecule has 6 nitrogen and oxygen atoms in total. The number of rotatable bonds is 4. The van der Waals surface area contributed by atoms with Crippen molar-refractivity contribution in [3.05, 3.63) is 29.2 Å². The summed E-state index contributed by atoms with van der Waals surface area (Å²) < 4.78 is 0. The predicted octanol–water partition coefficient (Wildman–Crippen LogP) is 2.30. The normalized spacial score (nSPS) is 16.6. The highest BCUT2D eigenvalue weighted by molar-refractivity contribution is 6.29. The average molecular weight is 265 g/mol. The van der Waals surface area contributed by atoms with Crippen LogP contribution in [-0.2, 0) is 0 Å². The van der Waals surface area contributed by atoms with Gasteiger partial charge < -0.3 is 5.32 Å². The van der Waals surface area contributed by atoms with Crippen molar-refractivity contribution in [2.75, 3.05) is 5.32 Å². The van der Waals surface area contributed by atoms with Crippen LogP contribution in [0.5, 0.6) is 0 Å². The molecule has 94 valence electrons. The van der Waals surface area contributed by atoms with Crippen LogP contribution >= 0.6 is 11.6 Å². The monoisotopic (exact) mass is 264 g/mol. The molecular weight excluding hydrogens is 252 g/mol. The summed E-state index contributed by atoms with van der Waals surface area (Å²) in [6.45, 7) is 1.98. The molecule has 1 aliphatic rings. The largest absolute Gasteiger partial charge is 0.360 e. The minimum atomic E-state index is -0.00878. The van der Waals surface area contributed by atoms with Gasteiger partial charge in [-0.3, -0.25) is 5.10 Å². The third-order valence-corrected chi connectivity index (χ3v) is 3.06. The van der Waals surface area contributed by atoms with Crippen LogP contribution in [0.25, 0.3) is 0 Å². The predicted molar refractivity (Wildman–Crippen MR) is 67.4 cm³/mol. The minimum absolute atomic E-state index is 0.00878. The minimum Gasteiger partial charge on any atom is -0.360 e. The number of nitrogens with one attached hydrogen (secondary N) is 2. The van der Waals surface area contributed by atoms with Gasteiger partial charge in [0.1, 0.15) is 28.9 Å². The molecule has 1 saturated carbocycles. The van der Waals surface area contributed by atoms with E-state index in [1.54, 1.807) is 6.07 Å². The van der Waals surface area contributed by atoms with Crippen molar-refractivity contribution in [3.63, 3.8) is 0 Å². The molecule has 0 bridgehead atoms. The molecule has 2 aromatic heterocycles. The fourth-order valence-corrected chi connectivity index (χ4v) is 1.94. The molecule has 2 aromatic rings. The van der Waals surface area contributed by atoms with E-state index in [1.807, 2.05) is 6.92 Å². The zero-order valence-electron chi connectivity index (χ0n) is 9.89. The number of aromatic amines is 1. The zero-order valence-corrected chi connectivity index (χ0v) is 10.6. The van der Waals surface area contributed by atoms with Crippen LogP contribution in [0.15, 0.2) is 12.4 Å². The standard InChI is InChI=1S/C11H13ClN6/c1-6(10-13-5-14-18-10)15-9-4-8(12)16-11(17-9)7-2-3-7/h4-7H,2-3H2,1H3,(H,13,14,18)(H,15,16,17). The van der Waals surface area contributed by atoms with Gasteiger partial charge in [0, 0.05) is 12.0 Å². The number of H-pyrrole nitrogens is 1. The quantitative estimate of drug-likeness (QED) is 0.829. The van der Waals surface area contributed by atoms with Crippen LogP contribution in [0.1, 0.15) is 43.4 Å². The number of halogens is 1. The third kappa shape index (κ3) is 2.43. The number of aromatic nitrogens is 5. The molecule has 1 unspecified atom stereocenters. The SMILES string of the molecule is CC(Nc1cc(Cl)nc(C2CC2)n1)c1ncn[nH]1. The first-order valence-electron chi connectivity index (χ1n) is 5.88. The molecule has 0 saturated heterocycles. The zero-order chi connectivity index (χ0) is 12.5. The molecule has 0 amide bonds. The summed E-state index contributed by atoms with van der Waals surface area (Å²) in [5.41, 5.74) is 0. The molecule has 7 heteroatoms. The van der Waals surface area contributed by atoms with E-state index in [0.29, 0.717) is 11.1 Å². The maximum absolute atomic E-state index is 6.00. The highest BCUT2D eigenvalue weighted by Crippen LogP contribution is 2.38. The van der Waals surface area contributed by atoms with Crippen molar-refractivity contribution in [2.24, 2.45) is 0 Å². The van der Waals surface area contributed by atoms with E-state index < -0.39 is 0 Å². The van der Waals surface area contributed by atoms with Crippen LogP contribution in [0, 0.1) is 0 Å². The van der Waals surface area contributed by atoms with Gasteiger partial charge in [0.25, 0.3) is 0 Å². The van der Waals surface area contributed by atoms with Crippen molar-refractivity contribution in [2.45, 2.75) is 31.7 Å². The lowest BCUT2D eigenvalue weighted by molar-refractivity contribution is 0.784. The molecule has 0 radical (unpaired) electrons. The van der Waals surface area contributed by atoms with Gasteiger partial charge in [-0.2, -0.15) is 5.10 Å². The van der Waals surface area contributed by atoms with Gasteiger partial charge >= 0.3 is 0 Å². The smallest absolute Gasteiger partial charge is 0.146 e. The van der Waals surface area contributed by atoms with E-state index in [-0.39, 0.29) is 6.04 Å². The van der Waals surface area contributed by atoms with Gasteiger partial charge in [-0.25, -0.2) is 15.0 Å². The second kappa shape index (κ2) is 4.53. The fraction of sp³-hybridized carbons (Fsp3) is 0.455. The molecule has 3 rings (SSSR count). The molecule has 2 heterocycles. The van der Waals surface area contributed by atoms with E-state index >= 15 is 0 Å². The fourth-order valence-electron chi connectivity index (χ4n) is 1.75. The van der Waals surface area contributed by atoms with Crippen molar-refractivity contribution < 1.29 is 0 Å². The number of hydrogen-bond donors (Lipinski definition) is 2. The summed E-state index contributed by atoms with van der Waals surface area (Å²) in [5, 5.41) is 10.4. The number of nitrogens with zero attached hydrogens (tertiary/aromatic N) is 4. The molecule has 18 heavy (non-hydrogen) atoms. The molecule has 0 aromatic carbocycles. The molecule has 1 fully saturated rings. The van der Waals surface area contributed by atoms with E-state index in [4.69, 9.17) is 11.6 Å². The van der Waals surface area contributed by atoms with E-state index in [1.165, 1.54) is 6.33 Å². The first-order valence-corrected chi connectivity index (χ1v) is 6.26. The van der Waals surface area contributed by atoms with E-state index in [0.717, 1.165) is 30.3 Å². The Morgan fingerprint density at radius 3 is 2.94 bits per heavy atom. The van der Waals surface area contributed by atoms with Gasteiger partial charge in [-0.05, 0) is 19.8 Å². The summed E-state index contributed by atoms with van der Waals surface area (Å²) in [5.74, 6) is 2.79. The topological polar surface area (TPSA) is 79.4 Å². The van der Waals surface area contributed by atoms with Gasteiger partial charge in [0.2, 0.25) is 0 Å². The molecule has 1 aliphatic carbocycles. The highest BCUT2D eigenvalue weighted by atomic mass is 35.5. The summed E-state index contributed by atoms with van der Waals surface area (Å²) in [7, 11) is 0. The summed E-state index contributed by atoms with van der Waals surface area (Å²) in [4.78, 5) is 12.8. The van der Waals surface area contributed by atoms with Crippen LogP contribution in [-0.4, -0.2) is 25.1 Å². The Morgan fingerprint density at radius 2 is 2.28 bits per heavy atom. The summed E-state index contributed by atoms with van der Waals surface area (Å²) >= 11 is 6.00.